The van der Waals surface area contributed by atoms with Gasteiger partial charge in [0.2, 0.25) is 0 Å². The van der Waals surface area contributed by atoms with Crippen LogP contribution in [-0.2, 0) is 12.8 Å². The van der Waals surface area contributed by atoms with Gasteiger partial charge in [-0.1, -0.05) is 35.9 Å². The number of amides is 1. The van der Waals surface area contributed by atoms with E-state index in [0.29, 0.717) is 21.2 Å². The summed E-state index contributed by atoms with van der Waals surface area (Å²) in [6.45, 7) is 1.89. The Morgan fingerprint density at radius 2 is 2.04 bits per heavy atom. The number of pyridine rings is 1. The van der Waals surface area contributed by atoms with Crippen molar-refractivity contribution in [2.24, 2.45) is 0 Å². The number of nitrogens with zero attached hydrogens (tertiary/aromatic N) is 3. The van der Waals surface area contributed by atoms with Gasteiger partial charge in [0.15, 0.2) is 5.65 Å². The van der Waals surface area contributed by atoms with Gasteiger partial charge in [-0.2, -0.15) is 0 Å². The van der Waals surface area contributed by atoms with Crippen LogP contribution in [0.4, 0.5) is 5.69 Å². The Morgan fingerprint density at radius 1 is 1.33 bits per heavy atom. The first-order chi connectivity index (χ1) is 13.0. The summed E-state index contributed by atoms with van der Waals surface area (Å²) < 4.78 is 1.79. The number of aryl methyl sites for hydroxylation is 1. The standard InChI is InChI=1S/C19H16ClN5OS/c1-9-13-15(21)16(27-19(13)25-8-22-24-17(25)14(9)20)18(26)23-12-6-10-4-2-3-5-11(10)7-12/h2-5,8,12H,6-7,21H2,1H3,(H,23,26). The summed E-state index contributed by atoms with van der Waals surface area (Å²) in [4.78, 5) is 14.3. The van der Waals surface area contributed by atoms with E-state index in [1.54, 1.807) is 10.7 Å². The molecule has 5 rings (SSSR count). The molecule has 3 heterocycles. The number of rotatable bonds is 2. The second-order valence-electron chi connectivity index (χ2n) is 6.84. The number of nitrogens with two attached hydrogens (primary N) is 1. The largest absolute Gasteiger partial charge is 0.397 e. The molecule has 0 fully saturated rings. The Kier molecular flexibility index (Phi) is 3.63. The fourth-order valence-electron chi connectivity index (χ4n) is 3.85. The zero-order valence-corrected chi connectivity index (χ0v) is 16.1. The highest BCUT2D eigenvalue weighted by Crippen LogP contribution is 2.39. The summed E-state index contributed by atoms with van der Waals surface area (Å²) in [5.41, 5.74) is 10.8. The van der Waals surface area contributed by atoms with Gasteiger partial charge in [-0.05, 0) is 36.5 Å². The maximum atomic E-state index is 13.0. The van der Waals surface area contributed by atoms with Crippen molar-refractivity contribution in [1.82, 2.24) is 19.9 Å². The average molecular weight is 398 g/mol. The quantitative estimate of drug-likeness (QED) is 0.543. The van der Waals surface area contributed by atoms with Crippen molar-refractivity contribution in [2.75, 3.05) is 5.73 Å². The van der Waals surface area contributed by atoms with Gasteiger partial charge in [-0.3, -0.25) is 9.20 Å². The summed E-state index contributed by atoms with van der Waals surface area (Å²) in [5, 5.41) is 12.4. The minimum atomic E-state index is -0.150. The predicted molar refractivity (Wildman–Crippen MR) is 108 cm³/mol. The van der Waals surface area contributed by atoms with E-state index in [2.05, 4.69) is 27.6 Å². The Hall–Kier alpha value is -2.64. The number of halogens is 1. The molecule has 0 radical (unpaired) electrons. The number of benzene rings is 1. The highest BCUT2D eigenvalue weighted by Gasteiger charge is 2.26. The average Bonchev–Trinajstić information content (AvgIpc) is 3.35. The highest BCUT2D eigenvalue weighted by molar-refractivity contribution is 7.21. The molecular weight excluding hydrogens is 382 g/mol. The summed E-state index contributed by atoms with van der Waals surface area (Å²) in [6.07, 6.45) is 3.27. The Morgan fingerprint density at radius 3 is 2.74 bits per heavy atom. The Bertz CT molecular complexity index is 1200. The minimum Gasteiger partial charge on any atom is -0.397 e. The van der Waals surface area contributed by atoms with E-state index in [4.69, 9.17) is 17.3 Å². The van der Waals surface area contributed by atoms with Crippen molar-refractivity contribution in [3.05, 3.63) is 57.2 Å². The number of carbonyl (C=O) groups is 1. The number of aromatic nitrogens is 3. The lowest BCUT2D eigenvalue weighted by atomic mass is 10.1. The summed E-state index contributed by atoms with van der Waals surface area (Å²) in [6, 6.07) is 8.37. The predicted octanol–water partition coefficient (Wildman–Crippen LogP) is 3.39. The molecule has 136 valence electrons. The van der Waals surface area contributed by atoms with Crippen LogP contribution >= 0.6 is 22.9 Å². The lowest BCUT2D eigenvalue weighted by molar-refractivity contribution is 0.0943. The van der Waals surface area contributed by atoms with Crippen molar-refractivity contribution >= 4 is 50.4 Å². The zero-order chi connectivity index (χ0) is 18.7. The lowest BCUT2D eigenvalue weighted by Crippen LogP contribution is -2.35. The van der Waals surface area contributed by atoms with Crippen LogP contribution in [0.15, 0.2) is 30.6 Å². The van der Waals surface area contributed by atoms with Crippen molar-refractivity contribution in [3.8, 4) is 0 Å². The number of nitrogens with one attached hydrogen (secondary N) is 1. The number of nitrogen functional groups attached to an aromatic ring is 1. The summed E-state index contributed by atoms with van der Waals surface area (Å²) in [5.74, 6) is -0.150. The second kappa shape index (κ2) is 5.94. The van der Waals surface area contributed by atoms with E-state index in [-0.39, 0.29) is 11.9 Å². The molecule has 0 atom stereocenters. The van der Waals surface area contributed by atoms with E-state index >= 15 is 0 Å². The van der Waals surface area contributed by atoms with E-state index in [9.17, 15) is 4.79 Å². The number of hydrogen-bond donors (Lipinski definition) is 2. The van der Waals surface area contributed by atoms with E-state index in [1.807, 2.05) is 19.1 Å². The molecule has 0 unspecified atom stereocenters. The van der Waals surface area contributed by atoms with Crippen molar-refractivity contribution in [2.45, 2.75) is 25.8 Å². The van der Waals surface area contributed by atoms with Crippen molar-refractivity contribution in [1.29, 1.82) is 0 Å². The van der Waals surface area contributed by atoms with Crippen LogP contribution < -0.4 is 11.1 Å². The first kappa shape index (κ1) is 16.5. The molecule has 3 N–H and O–H groups in total. The molecule has 3 aromatic heterocycles. The van der Waals surface area contributed by atoms with Gasteiger partial charge in [0.25, 0.3) is 5.91 Å². The number of fused-ring (bicyclic) bond motifs is 4. The van der Waals surface area contributed by atoms with Gasteiger partial charge in [-0.25, -0.2) is 0 Å². The van der Waals surface area contributed by atoms with Gasteiger partial charge >= 0.3 is 0 Å². The topological polar surface area (TPSA) is 85.3 Å². The van der Waals surface area contributed by atoms with Gasteiger partial charge in [-0.15, -0.1) is 21.5 Å². The molecule has 1 aliphatic carbocycles. The fourth-order valence-corrected chi connectivity index (χ4v) is 5.23. The molecule has 1 aromatic carbocycles. The molecule has 0 saturated carbocycles. The molecule has 1 amide bonds. The van der Waals surface area contributed by atoms with Crippen LogP contribution in [0.1, 0.15) is 26.4 Å². The third-order valence-electron chi connectivity index (χ3n) is 5.19. The van der Waals surface area contributed by atoms with Gasteiger partial charge in [0.05, 0.1) is 10.7 Å². The van der Waals surface area contributed by atoms with Crippen LogP contribution in [0.2, 0.25) is 5.02 Å². The SMILES string of the molecule is Cc1c(Cl)c2nncn2c2sc(C(=O)NC3Cc4ccccc4C3)c(N)c12. The molecule has 8 heteroatoms. The Labute approximate surface area is 164 Å². The maximum absolute atomic E-state index is 13.0. The van der Waals surface area contributed by atoms with Gasteiger partial charge in [0, 0.05) is 11.4 Å². The molecule has 27 heavy (non-hydrogen) atoms. The van der Waals surface area contributed by atoms with Crippen LogP contribution in [0, 0.1) is 6.92 Å². The van der Waals surface area contributed by atoms with Crippen LogP contribution in [0.3, 0.4) is 0 Å². The van der Waals surface area contributed by atoms with Gasteiger partial charge < -0.3 is 11.1 Å². The van der Waals surface area contributed by atoms with Crippen LogP contribution in [0.5, 0.6) is 0 Å². The first-order valence-electron chi connectivity index (χ1n) is 8.62. The van der Waals surface area contributed by atoms with E-state index in [1.165, 1.54) is 22.5 Å². The van der Waals surface area contributed by atoms with Crippen molar-refractivity contribution in [3.63, 3.8) is 0 Å². The molecule has 0 aliphatic heterocycles. The number of thiophene rings is 1. The molecule has 0 saturated heterocycles. The molecule has 6 nitrogen and oxygen atoms in total. The van der Waals surface area contributed by atoms with Crippen molar-refractivity contribution < 1.29 is 4.79 Å². The monoisotopic (exact) mass is 397 g/mol. The third kappa shape index (κ3) is 2.42. The summed E-state index contributed by atoms with van der Waals surface area (Å²) in [7, 11) is 0. The Balaban J connectivity index is 1.53. The number of anilines is 1. The third-order valence-corrected chi connectivity index (χ3v) is 6.84. The molecule has 1 aliphatic rings. The van der Waals surface area contributed by atoms with E-state index in [0.717, 1.165) is 28.6 Å². The number of hydrogen-bond acceptors (Lipinski definition) is 5. The number of carbonyl (C=O) groups excluding carboxylic acids is 1. The van der Waals surface area contributed by atoms with E-state index < -0.39 is 0 Å². The molecular formula is C19H16ClN5OS. The second-order valence-corrected chi connectivity index (χ2v) is 8.21. The zero-order valence-electron chi connectivity index (χ0n) is 14.5. The summed E-state index contributed by atoms with van der Waals surface area (Å²) >= 11 is 7.76. The van der Waals surface area contributed by atoms with Crippen LogP contribution in [-0.4, -0.2) is 26.5 Å². The molecule has 4 aromatic rings. The maximum Gasteiger partial charge on any atom is 0.263 e. The molecule has 0 spiro atoms. The first-order valence-corrected chi connectivity index (χ1v) is 9.81. The highest BCUT2D eigenvalue weighted by atomic mass is 35.5. The van der Waals surface area contributed by atoms with Crippen LogP contribution in [0.25, 0.3) is 15.9 Å². The fraction of sp³-hybridized carbons (Fsp3) is 0.211. The van der Waals surface area contributed by atoms with Gasteiger partial charge in [0.1, 0.15) is 16.0 Å². The molecule has 0 bridgehead atoms. The lowest BCUT2D eigenvalue weighted by Gasteiger charge is -2.11. The minimum absolute atomic E-state index is 0.0825. The smallest absolute Gasteiger partial charge is 0.263 e. The normalized spacial score (nSPS) is 14.1.